The van der Waals surface area contributed by atoms with Gasteiger partial charge in [0.25, 0.3) is 0 Å². The second kappa shape index (κ2) is 5.41. The maximum Gasteiger partial charge on any atom is 0.154 e. The predicted molar refractivity (Wildman–Crippen MR) is 80.4 cm³/mol. The standard InChI is InChI=1S/C13H14BrCl2NO/c1-6(2)3-7-10(5-17)18-13-9(15)4-8(14)12(16)11(7)13/h4,6H,3,5,17H2,1-2H3. The van der Waals surface area contributed by atoms with Crippen molar-refractivity contribution in [2.24, 2.45) is 11.7 Å². The van der Waals surface area contributed by atoms with Gasteiger partial charge in [-0.25, -0.2) is 0 Å². The number of halogens is 3. The fraction of sp³-hybridized carbons (Fsp3) is 0.385. The van der Waals surface area contributed by atoms with Crippen LogP contribution >= 0.6 is 39.1 Å². The molecule has 2 nitrogen and oxygen atoms in total. The topological polar surface area (TPSA) is 39.2 Å². The molecule has 98 valence electrons. The lowest BCUT2D eigenvalue weighted by molar-refractivity contribution is 0.535. The number of hydrogen-bond acceptors (Lipinski definition) is 2. The summed E-state index contributed by atoms with van der Waals surface area (Å²) in [6.45, 7) is 4.64. The van der Waals surface area contributed by atoms with E-state index in [9.17, 15) is 0 Å². The first kappa shape index (κ1) is 14.2. The van der Waals surface area contributed by atoms with Crippen molar-refractivity contribution in [3.8, 4) is 0 Å². The quantitative estimate of drug-likeness (QED) is 0.776. The molecule has 5 heteroatoms. The minimum absolute atomic E-state index is 0.348. The van der Waals surface area contributed by atoms with Crippen molar-refractivity contribution in [2.75, 3.05) is 0 Å². The number of furan rings is 1. The van der Waals surface area contributed by atoms with Gasteiger partial charge in [0.2, 0.25) is 0 Å². The Bertz CT molecular complexity index is 592. The summed E-state index contributed by atoms with van der Waals surface area (Å²) in [6, 6.07) is 1.75. The molecule has 0 bridgehead atoms. The summed E-state index contributed by atoms with van der Waals surface area (Å²) in [5.74, 6) is 1.26. The Morgan fingerprint density at radius 2 is 2.06 bits per heavy atom. The molecule has 1 aromatic heterocycles. The average Bonchev–Trinajstić information content (AvgIpc) is 2.65. The molecule has 0 saturated carbocycles. The minimum Gasteiger partial charge on any atom is -0.458 e. The molecule has 0 aliphatic carbocycles. The Kier molecular flexibility index (Phi) is 4.27. The molecule has 0 aliphatic heterocycles. The van der Waals surface area contributed by atoms with E-state index in [1.165, 1.54) is 0 Å². The fourth-order valence-electron chi connectivity index (χ4n) is 2.06. The van der Waals surface area contributed by atoms with Crippen LogP contribution in [0.4, 0.5) is 0 Å². The Hall–Kier alpha value is -0.220. The summed E-state index contributed by atoms with van der Waals surface area (Å²) >= 11 is 15.9. The van der Waals surface area contributed by atoms with Gasteiger partial charge in [0, 0.05) is 15.4 Å². The van der Waals surface area contributed by atoms with Gasteiger partial charge in [-0.05, 0) is 34.3 Å². The number of nitrogens with two attached hydrogens (primary N) is 1. The number of rotatable bonds is 3. The summed E-state index contributed by atoms with van der Waals surface area (Å²) in [7, 11) is 0. The molecule has 2 N–H and O–H groups in total. The molecule has 0 spiro atoms. The van der Waals surface area contributed by atoms with Crippen LogP contribution in [-0.4, -0.2) is 0 Å². The van der Waals surface area contributed by atoms with Gasteiger partial charge in [0.05, 0.1) is 16.6 Å². The largest absolute Gasteiger partial charge is 0.458 e. The SMILES string of the molecule is CC(C)Cc1c(CN)oc2c(Cl)cc(Br)c(Cl)c12. The predicted octanol–water partition coefficient (Wildman–Crippen LogP) is 5.16. The van der Waals surface area contributed by atoms with Gasteiger partial charge in [0.15, 0.2) is 5.58 Å². The van der Waals surface area contributed by atoms with Crippen LogP contribution < -0.4 is 5.73 Å². The van der Waals surface area contributed by atoms with Crippen molar-refractivity contribution in [2.45, 2.75) is 26.8 Å². The third-order valence-corrected chi connectivity index (χ3v) is 4.32. The average molecular weight is 351 g/mol. The second-order valence-corrected chi connectivity index (χ2v) is 6.30. The van der Waals surface area contributed by atoms with Crippen LogP contribution in [0.15, 0.2) is 15.0 Å². The van der Waals surface area contributed by atoms with E-state index < -0.39 is 0 Å². The van der Waals surface area contributed by atoms with Crippen molar-refractivity contribution in [3.63, 3.8) is 0 Å². The molecule has 18 heavy (non-hydrogen) atoms. The van der Waals surface area contributed by atoms with Crippen LogP contribution in [0.2, 0.25) is 10.0 Å². The lowest BCUT2D eigenvalue weighted by atomic mass is 10.00. The first-order valence-electron chi connectivity index (χ1n) is 5.73. The highest BCUT2D eigenvalue weighted by molar-refractivity contribution is 9.10. The molecule has 0 atom stereocenters. The zero-order chi connectivity index (χ0) is 13.4. The van der Waals surface area contributed by atoms with Gasteiger partial charge in [-0.1, -0.05) is 37.0 Å². The highest BCUT2D eigenvalue weighted by Crippen LogP contribution is 2.41. The van der Waals surface area contributed by atoms with Crippen LogP contribution in [0.25, 0.3) is 11.0 Å². The van der Waals surface area contributed by atoms with Gasteiger partial charge in [0.1, 0.15) is 5.76 Å². The van der Waals surface area contributed by atoms with Crippen LogP contribution in [-0.2, 0) is 13.0 Å². The van der Waals surface area contributed by atoms with Crippen LogP contribution in [0, 0.1) is 5.92 Å². The van der Waals surface area contributed by atoms with E-state index >= 15 is 0 Å². The van der Waals surface area contributed by atoms with Gasteiger partial charge in [-0.15, -0.1) is 0 Å². The van der Waals surface area contributed by atoms with Crippen molar-refractivity contribution >= 4 is 50.1 Å². The van der Waals surface area contributed by atoms with E-state index in [1.54, 1.807) is 6.07 Å². The van der Waals surface area contributed by atoms with Gasteiger partial charge in [-0.2, -0.15) is 0 Å². The molecule has 2 rings (SSSR count). The van der Waals surface area contributed by atoms with Crippen molar-refractivity contribution in [1.29, 1.82) is 0 Å². The van der Waals surface area contributed by atoms with Crippen LogP contribution in [0.3, 0.4) is 0 Å². The minimum atomic E-state index is 0.348. The molecule has 0 amide bonds. The molecular formula is C13H14BrCl2NO. The molecule has 0 aliphatic rings. The van der Waals surface area contributed by atoms with Gasteiger partial charge >= 0.3 is 0 Å². The highest BCUT2D eigenvalue weighted by Gasteiger charge is 2.20. The molecule has 2 aromatic rings. The van der Waals surface area contributed by atoms with Crippen molar-refractivity contribution in [3.05, 3.63) is 31.9 Å². The Labute approximate surface area is 125 Å². The van der Waals surface area contributed by atoms with E-state index in [2.05, 4.69) is 29.8 Å². The molecule has 0 radical (unpaired) electrons. The fourth-order valence-corrected chi connectivity index (χ4v) is 3.12. The summed E-state index contributed by atoms with van der Waals surface area (Å²) in [5.41, 5.74) is 7.43. The van der Waals surface area contributed by atoms with Crippen LogP contribution in [0.1, 0.15) is 25.2 Å². The zero-order valence-corrected chi connectivity index (χ0v) is 13.3. The maximum absolute atomic E-state index is 6.35. The van der Waals surface area contributed by atoms with E-state index in [0.29, 0.717) is 28.1 Å². The lowest BCUT2D eigenvalue weighted by Crippen LogP contribution is -2.01. The number of hydrogen-bond donors (Lipinski definition) is 1. The van der Waals surface area contributed by atoms with E-state index in [0.717, 1.165) is 27.6 Å². The van der Waals surface area contributed by atoms with Gasteiger partial charge < -0.3 is 10.2 Å². The second-order valence-electron chi connectivity index (χ2n) is 4.66. The molecule has 0 fully saturated rings. The third-order valence-electron chi connectivity index (χ3n) is 2.79. The maximum atomic E-state index is 6.35. The summed E-state index contributed by atoms with van der Waals surface area (Å²) in [4.78, 5) is 0. The first-order valence-corrected chi connectivity index (χ1v) is 7.28. The summed E-state index contributed by atoms with van der Waals surface area (Å²) in [5, 5.41) is 2.06. The lowest BCUT2D eigenvalue weighted by Gasteiger charge is -2.06. The Balaban J connectivity index is 2.80. The highest BCUT2D eigenvalue weighted by atomic mass is 79.9. The molecule has 1 aromatic carbocycles. The number of benzene rings is 1. The summed E-state index contributed by atoms with van der Waals surface area (Å²) in [6.07, 6.45) is 0.867. The molecular weight excluding hydrogens is 337 g/mol. The zero-order valence-electron chi connectivity index (χ0n) is 10.2. The Morgan fingerprint density at radius 1 is 1.39 bits per heavy atom. The third kappa shape index (κ3) is 2.42. The number of fused-ring (bicyclic) bond motifs is 1. The van der Waals surface area contributed by atoms with E-state index in [1.807, 2.05) is 0 Å². The van der Waals surface area contributed by atoms with Gasteiger partial charge in [-0.3, -0.25) is 0 Å². The first-order chi connectivity index (χ1) is 8.45. The summed E-state index contributed by atoms with van der Waals surface area (Å²) < 4.78 is 6.53. The van der Waals surface area contributed by atoms with Crippen molar-refractivity contribution in [1.82, 2.24) is 0 Å². The van der Waals surface area contributed by atoms with Crippen LogP contribution in [0.5, 0.6) is 0 Å². The molecule has 0 unspecified atom stereocenters. The normalized spacial score (nSPS) is 11.7. The monoisotopic (exact) mass is 349 g/mol. The molecule has 0 saturated heterocycles. The smallest absolute Gasteiger partial charge is 0.154 e. The van der Waals surface area contributed by atoms with Crippen molar-refractivity contribution < 1.29 is 4.42 Å². The van der Waals surface area contributed by atoms with E-state index in [4.69, 9.17) is 33.4 Å². The van der Waals surface area contributed by atoms with E-state index in [-0.39, 0.29) is 0 Å². The Morgan fingerprint density at radius 3 is 2.61 bits per heavy atom. The molecule has 1 heterocycles.